The quantitative estimate of drug-likeness (QED) is 0.160. The number of aromatic hydroxyl groups is 1. The highest BCUT2D eigenvalue weighted by Gasteiger charge is 2.35. The lowest BCUT2D eigenvalue weighted by atomic mass is 9.96. The van der Waals surface area contributed by atoms with Gasteiger partial charge in [0.05, 0.1) is 6.04 Å². The highest BCUT2D eigenvalue weighted by Crippen LogP contribution is 2.22. The summed E-state index contributed by atoms with van der Waals surface area (Å²) in [4.78, 5) is 51.4. The fourth-order valence-corrected chi connectivity index (χ4v) is 4.70. The zero-order valence-electron chi connectivity index (χ0n) is 23.1. The van der Waals surface area contributed by atoms with Crippen LogP contribution in [-0.4, -0.2) is 63.4 Å². The van der Waals surface area contributed by atoms with Gasteiger partial charge < -0.3 is 32.5 Å². The lowest BCUT2D eigenvalue weighted by Crippen LogP contribution is -2.61. The molecule has 40 heavy (non-hydrogen) atoms. The number of carbonyl (C=O) groups excluding carboxylic acids is 4. The Bertz CT molecular complexity index is 1200. The summed E-state index contributed by atoms with van der Waals surface area (Å²) >= 11 is 8.59. The summed E-state index contributed by atoms with van der Waals surface area (Å²) in [5.74, 6) is -2.57. The first-order valence-corrected chi connectivity index (χ1v) is 13.8. The molecule has 8 N–H and O–H groups in total. The molecule has 4 amide bonds. The maximum atomic E-state index is 13.3. The lowest BCUT2D eigenvalue weighted by molar-refractivity contribution is -0.133. The predicted octanol–water partition coefficient (Wildman–Crippen LogP) is 0.699. The van der Waals surface area contributed by atoms with Gasteiger partial charge in [0.15, 0.2) is 0 Å². The second-order valence-corrected chi connectivity index (χ2v) is 11.9. The molecule has 0 spiro atoms. The van der Waals surface area contributed by atoms with Crippen molar-refractivity contribution in [3.8, 4) is 5.75 Å². The van der Waals surface area contributed by atoms with E-state index in [0.717, 1.165) is 22.3 Å². The topological polar surface area (TPSA) is 177 Å². The molecule has 0 saturated carbocycles. The van der Waals surface area contributed by atoms with E-state index in [1.807, 2.05) is 19.9 Å². The summed E-state index contributed by atoms with van der Waals surface area (Å²) in [5.41, 5.74) is 14.8. The van der Waals surface area contributed by atoms with Gasteiger partial charge in [-0.05, 0) is 68.5 Å². The Morgan fingerprint density at radius 3 is 1.93 bits per heavy atom. The van der Waals surface area contributed by atoms with E-state index in [1.165, 1.54) is 0 Å². The molecular formula is C28H39N5O5S2. The van der Waals surface area contributed by atoms with Crippen LogP contribution < -0.4 is 27.4 Å². The molecule has 0 aliphatic heterocycles. The van der Waals surface area contributed by atoms with Crippen LogP contribution in [0.2, 0.25) is 0 Å². The van der Waals surface area contributed by atoms with E-state index in [9.17, 15) is 24.3 Å². The highest BCUT2D eigenvalue weighted by atomic mass is 32.1. The van der Waals surface area contributed by atoms with E-state index in [-0.39, 0.29) is 24.3 Å². The molecule has 0 aliphatic rings. The van der Waals surface area contributed by atoms with Crippen molar-refractivity contribution in [1.29, 1.82) is 0 Å². The van der Waals surface area contributed by atoms with Crippen molar-refractivity contribution in [2.75, 3.05) is 5.75 Å². The molecule has 0 fully saturated rings. The Morgan fingerprint density at radius 1 is 0.900 bits per heavy atom. The number of phenolic OH excluding ortho intramolecular Hbond substituents is 1. The molecule has 0 radical (unpaired) electrons. The number of hydrogen-bond donors (Lipinski definition) is 8. The molecule has 4 atom stereocenters. The maximum Gasteiger partial charge on any atom is 0.244 e. The Labute approximate surface area is 245 Å². The number of primary amides is 1. The average Bonchev–Trinajstić information content (AvgIpc) is 2.86. The number of benzene rings is 2. The second-order valence-electron chi connectivity index (χ2n) is 10.4. The van der Waals surface area contributed by atoms with Gasteiger partial charge in [-0.1, -0.05) is 30.3 Å². The smallest absolute Gasteiger partial charge is 0.244 e. The number of thiol groups is 2. The van der Waals surface area contributed by atoms with Crippen molar-refractivity contribution in [3.05, 3.63) is 64.7 Å². The number of amides is 4. The highest BCUT2D eigenvalue weighted by molar-refractivity contribution is 7.81. The lowest BCUT2D eigenvalue weighted by Gasteiger charge is -2.30. The minimum absolute atomic E-state index is 0.0607. The molecule has 0 saturated heterocycles. The van der Waals surface area contributed by atoms with Crippen LogP contribution in [0.25, 0.3) is 0 Å². The monoisotopic (exact) mass is 589 g/mol. The molecule has 2 aromatic carbocycles. The van der Waals surface area contributed by atoms with Crippen molar-refractivity contribution in [3.63, 3.8) is 0 Å². The number of carbonyl (C=O) groups is 4. The van der Waals surface area contributed by atoms with Gasteiger partial charge in [0.1, 0.15) is 23.9 Å². The van der Waals surface area contributed by atoms with Gasteiger partial charge in [-0.3, -0.25) is 19.2 Å². The Morgan fingerprint density at radius 2 is 1.43 bits per heavy atom. The van der Waals surface area contributed by atoms with Crippen molar-refractivity contribution < 1.29 is 24.3 Å². The standard InChI is InChI=1S/C28H39N5O5S2/c1-15-10-18(34)11-16(2)19(15)13-20(29)25(36)32-22(14-39)27(38)31-21(12-17-8-6-5-7-9-17)26(37)33-23(24(30)35)28(3,4)40/h5-11,20-23,34,39-40H,12-14,29H2,1-4H3,(H2,30,35)(H,31,38)(H,32,36)(H,33,37)/t20-,21-,22+,23-/m0/s1. The van der Waals surface area contributed by atoms with Crippen LogP contribution in [0, 0.1) is 13.8 Å². The zero-order valence-corrected chi connectivity index (χ0v) is 24.9. The van der Waals surface area contributed by atoms with Crippen molar-refractivity contribution in [2.45, 2.75) is 69.5 Å². The van der Waals surface area contributed by atoms with Gasteiger partial charge >= 0.3 is 0 Å². The average molecular weight is 590 g/mol. The van der Waals surface area contributed by atoms with E-state index < -0.39 is 52.5 Å². The Balaban J connectivity index is 2.18. The van der Waals surface area contributed by atoms with Gasteiger partial charge in [-0.2, -0.15) is 25.3 Å². The molecule has 2 aromatic rings. The summed E-state index contributed by atoms with van der Waals surface area (Å²) in [6.07, 6.45) is 0.306. The van der Waals surface area contributed by atoms with E-state index >= 15 is 0 Å². The molecule has 0 aromatic heterocycles. The summed E-state index contributed by atoms with van der Waals surface area (Å²) in [6, 6.07) is 7.91. The molecule has 218 valence electrons. The van der Waals surface area contributed by atoms with Gasteiger partial charge in [-0.15, -0.1) is 0 Å². The van der Waals surface area contributed by atoms with Crippen LogP contribution in [0.4, 0.5) is 0 Å². The zero-order chi connectivity index (χ0) is 30.2. The minimum Gasteiger partial charge on any atom is -0.508 e. The second kappa shape index (κ2) is 14.4. The first-order chi connectivity index (χ1) is 18.6. The van der Waals surface area contributed by atoms with Crippen LogP contribution in [0.1, 0.15) is 36.1 Å². The van der Waals surface area contributed by atoms with E-state index in [2.05, 4.69) is 41.2 Å². The molecular weight excluding hydrogens is 550 g/mol. The number of nitrogens with two attached hydrogens (primary N) is 2. The minimum atomic E-state index is -1.11. The normalized spacial score (nSPS) is 14.4. The first kappa shape index (κ1) is 33.0. The molecule has 0 heterocycles. The van der Waals surface area contributed by atoms with Crippen LogP contribution in [0.5, 0.6) is 5.75 Å². The van der Waals surface area contributed by atoms with Crippen molar-refractivity contribution in [1.82, 2.24) is 16.0 Å². The summed E-state index contributed by atoms with van der Waals surface area (Å²) in [6.45, 7) is 6.89. The van der Waals surface area contributed by atoms with Crippen LogP contribution in [-0.2, 0) is 32.0 Å². The van der Waals surface area contributed by atoms with E-state index in [4.69, 9.17) is 11.5 Å². The van der Waals surface area contributed by atoms with Crippen LogP contribution in [0.3, 0.4) is 0 Å². The third-order valence-electron chi connectivity index (χ3n) is 6.45. The van der Waals surface area contributed by atoms with Crippen LogP contribution in [0.15, 0.2) is 42.5 Å². The van der Waals surface area contributed by atoms with Gasteiger partial charge in [0, 0.05) is 16.9 Å². The maximum absolute atomic E-state index is 13.3. The molecule has 0 bridgehead atoms. The number of aryl methyl sites for hydroxylation is 2. The number of hydrogen-bond acceptors (Lipinski definition) is 8. The Hall–Kier alpha value is -3.22. The third-order valence-corrected chi connectivity index (χ3v) is 7.07. The fourth-order valence-electron chi connectivity index (χ4n) is 4.25. The van der Waals surface area contributed by atoms with Gasteiger partial charge in [-0.25, -0.2) is 0 Å². The van der Waals surface area contributed by atoms with Gasteiger partial charge in [0.25, 0.3) is 0 Å². The number of rotatable bonds is 13. The third kappa shape index (κ3) is 9.46. The van der Waals surface area contributed by atoms with Gasteiger partial charge in [0.2, 0.25) is 23.6 Å². The molecule has 0 aliphatic carbocycles. The summed E-state index contributed by atoms with van der Waals surface area (Å²) < 4.78 is -0.964. The SMILES string of the molecule is Cc1cc(O)cc(C)c1C[C@H](N)C(=O)N[C@H](CS)C(=O)N[C@@H](Cc1ccccc1)C(=O)N[C@@H](C(N)=O)C(C)(C)S. The molecule has 12 heteroatoms. The number of nitrogens with one attached hydrogen (secondary N) is 3. The van der Waals surface area contributed by atoms with Crippen molar-refractivity contribution >= 4 is 48.9 Å². The first-order valence-electron chi connectivity index (χ1n) is 12.8. The summed E-state index contributed by atoms with van der Waals surface area (Å²) in [5, 5.41) is 17.6. The van der Waals surface area contributed by atoms with Crippen LogP contribution >= 0.6 is 25.3 Å². The molecule has 10 nitrogen and oxygen atoms in total. The van der Waals surface area contributed by atoms with Crippen molar-refractivity contribution in [2.24, 2.45) is 11.5 Å². The molecule has 0 unspecified atom stereocenters. The molecule has 2 rings (SSSR count). The Kier molecular flexibility index (Phi) is 11.9. The predicted molar refractivity (Wildman–Crippen MR) is 161 cm³/mol. The number of phenols is 1. The largest absolute Gasteiger partial charge is 0.508 e. The fraction of sp³-hybridized carbons (Fsp3) is 0.429. The van der Waals surface area contributed by atoms with E-state index in [0.29, 0.717) is 0 Å². The summed E-state index contributed by atoms with van der Waals surface area (Å²) in [7, 11) is 0. The van der Waals surface area contributed by atoms with E-state index in [1.54, 1.807) is 50.2 Å².